The van der Waals surface area contributed by atoms with Crippen LogP contribution in [0.5, 0.6) is 5.75 Å². The molecule has 29 heavy (non-hydrogen) atoms. The molecular weight excluding hydrogens is 374 g/mol. The fraction of sp³-hybridized carbons (Fsp3) is 0.231. The van der Waals surface area contributed by atoms with Crippen molar-refractivity contribution in [3.05, 3.63) is 89.5 Å². The van der Waals surface area contributed by atoms with Crippen LogP contribution < -0.4 is 10.1 Å². The molecule has 148 valence electrons. The van der Waals surface area contributed by atoms with Gasteiger partial charge in [-0.15, -0.1) is 0 Å². The summed E-state index contributed by atoms with van der Waals surface area (Å²) in [6.45, 7) is 6.84. The quantitative estimate of drug-likeness (QED) is 0.429. The van der Waals surface area contributed by atoms with E-state index in [2.05, 4.69) is 74.6 Å². The third-order valence-corrected chi connectivity index (χ3v) is 6.91. The second-order valence-corrected chi connectivity index (χ2v) is 8.85. The maximum atomic E-state index is 6.47. The van der Waals surface area contributed by atoms with Gasteiger partial charge in [0.2, 0.25) is 0 Å². The third-order valence-electron chi connectivity index (χ3n) is 5.57. The number of hydrogen-bond acceptors (Lipinski definition) is 3. The van der Waals surface area contributed by atoms with Gasteiger partial charge in [0.1, 0.15) is 5.75 Å². The van der Waals surface area contributed by atoms with Crippen molar-refractivity contribution >= 4 is 23.1 Å². The van der Waals surface area contributed by atoms with Crippen molar-refractivity contribution in [1.29, 1.82) is 0 Å². The Morgan fingerprint density at radius 1 is 0.828 bits per heavy atom. The standard InChI is InChI=1S/C26H27NOS/c1-4-18(2)19(3)29-26(28-20-12-6-5-7-13-20)25-23-16-9-8-14-21(23)22-15-10-11-17-24(22)27-25/h5-19,27H,4H2,1-3H3/b26-25-. The van der Waals surface area contributed by atoms with Gasteiger partial charge in [-0.3, -0.25) is 0 Å². The first-order chi connectivity index (χ1) is 14.2. The molecule has 3 heteroatoms. The van der Waals surface area contributed by atoms with Crippen LogP contribution in [0, 0.1) is 5.92 Å². The first-order valence-corrected chi connectivity index (χ1v) is 11.1. The van der Waals surface area contributed by atoms with Crippen molar-refractivity contribution in [2.75, 3.05) is 5.32 Å². The molecule has 2 atom stereocenters. The summed E-state index contributed by atoms with van der Waals surface area (Å²) in [7, 11) is 0. The van der Waals surface area contributed by atoms with E-state index in [1.165, 1.54) is 16.7 Å². The van der Waals surface area contributed by atoms with E-state index in [0.29, 0.717) is 11.2 Å². The van der Waals surface area contributed by atoms with Crippen LogP contribution in [-0.2, 0) is 0 Å². The molecule has 0 amide bonds. The molecule has 2 unspecified atom stereocenters. The van der Waals surface area contributed by atoms with Crippen LogP contribution >= 0.6 is 11.8 Å². The second kappa shape index (κ2) is 8.79. The zero-order chi connectivity index (χ0) is 20.2. The average molecular weight is 402 g/mol. The third kappa shape index (κ3) is 4.20. The Hall–Kier alpha value is -2.65. The number of fused-ring (bicyclic) bond motifs is 3. The molecular formula is C26H27NOS. The van der Waals surface area contributed by atoms with Gasteiger partial charge in [-0.1, -0.05) is 99.6 Å². The SMILES string of the molecule is CCC(C)C(C)S/C(Oc1ccccc1)=C1\Nc2ccccc2-c2ccccc21. The molecule has 0 fully saturated rings. The second-order valence-electron chi connectivity index (χ2n) is 7.50. The highest BCUT2D eigenvalue weighted by molar-refractivity contribution is 8.03. The van der Waals surface area contributed by atoms with Gasteiger partial charge in [0.15, 0.2) is 5.09 Å². The maximum Gasteiger partial charge on any atom is 0.185 e. The van der Waals surface area contributed by atoms with Gasteiger partial charge in [-0.25, -0.2) is 0 Å². The Bertz CT molecular complexity index is 1010. The highest BCUT2D eigenvalue weighted by Crippen LogP contribution is 2.44. The molecule has 0 bridgehead atoms. The van der Waals surface area contributed by atoms with Gasteiger partial charge in [-0.05, 0) is 29.7 Å². The van der Waals surface area contributed by atoms with Crippen molar-refractivity contribution in [3.63, 3.8) is 0 Å². The van der Waals surface area contributed by atoms with Gasteiger partial charge in [-0.2, -0.15) is 0 Å². The van der Waals surface area contributed by atoms with E-state index in [-0.39, 0.29) is 0 Å². The summed E-state index contributed by atoms with van der Waals surface area (Å²) in [6.07, 6.45) is 1.15. The molecule has 1 heterocycles. The summed E-state index contributed by atoms with van der Waals surface area (Å²) >= 11 is 1.81. The number of ether oxygens (including phenoxy) is 1. The van der Waals surface area contributed by atoms with E-state index >= 15 is 0 Å². The Balaban J connectivity index is 1.83. The van der Waals surface area contributed by atoms with E-state index in [0.717, 1.165) is 28.6 Å². The maximum absolute atomic E-state index is 6.47. The molecule has 2 nitrogen and oxygen atoms in total. The molecule has 0 radical (unpaired) electrons. The van der Waals surface area contributed by atoms with Gasteiger partial charge in [0, 0.05) is 22.1 Å². The molecule has 0 spiro atoms. The molecule has 0 aliphatic carbocycles. The molecule has 1 aliphatic rings. The van der Waals surface area contributed by atoms with Crippen LogP contribution in [0.2, 0.25) is 0 Å². The Labute approximate surface area is 178 Å². The minimum Gasteiger partial charge on any atom is -0.448 e. The predicted molar refractivity (Wildman–Crippen MR) is 126 cm³/mol. The van der Waals surface area contributed by atoms with E-state index < -0.39 is 0 Å². The van der Waals surface area contributed by atoms with Crippen molar-refractivity contribution < 1.29 is 4.74 Å². The summed E-state index contributed by atoms with van der Waals surface area (Å²) in [4.78, 5) is 0. The van der Waals surface area contributed by atoms with E-state index in [1.54, 1.807) is 0 Å². The molecule has 1 aliphatic heterocycles. The number of anilines is 1. The first-order valence-electron chi connectivity index (χ1n) is 10.3. The average Bonchev–Trinajstić information content (AvgIpc) is 2.78. The number of nitrogens with one attached hydrogen (secondary N) is 1. The first kappa shape index (κ1) is 19.7. The van der Waals surface area contributed by atoms with Crippen LogP contribution in [0.15, 0.2) is 84.0 Å². The van der Waals surface area contributed by atoms with Crippen molar-refractivity contribution in [1.82, 2.24) is 0 Å². The monoisotopic (exact) mass is 401 g/mol. The van der Waals surface area contributed by atoms with Gasteiger partial charge in [0.25, 0.3) is 0 Å². The summed E-state index contributed by atoms with van der Waals surface area (Å²) < 4.78 is 6.47. The van der Waals surface area contributed by atoms with E-state index in [9.17, 15) is 0 Å². The minimum atomic E-state index is 0.442. The van der Waals surface area contributed by atoms with Crippen LogP contribution in [-0.4, -0.2) is 5.25 Å². The van der Waals surface area contributed by atoms with E-state index in [1.807, 2.05) is 42.1 Å². The van der Waals surface area contributed by atoms with Crippen molar-refractivity contribution in [2.24, 2.45) is 5.92 Å². The molecule has 3 aromatic carbocycles. The lowest BCUT2D eigenvalue weighted by atomic mass is 9.93. The van der Waals surface area contributed by atoms with Gasteiger partial charge < -0.3 is 10.1 Å². The molecule has 3 aromatic rings. The molecule has 0 saturated heterocycles. The van der Waals surface area contributed by atoms with E-state index in [4.69, 9.17) is 4.74 Å². The normalized spacial score (nSPS) is 16.1. The number of thioether (sulfide) groups is 1. The number of hydrogen-bond donors (Lipinski definition) is 1. The predicted octanol–water partition coefficient (Wildman–Crippen LogP) is 7.65. The lowest BCUT2D eigenvalue weighted by Gasteiger charge is -2.28. The highest BCUT2D eigenvalue weighted by atomic mass is 32.2. The molecule has 4 rings (SSSR count). The summed E-state index contributed by atoms with van der Waals surface area (Å²) in [5, 5.41) is 5.03. The fourth-order valence-corrected chi connectivity index (χ4v) is 4.66. The summed E-state index contributed by atoms with van der Waals surface area (Å²) in [6, 6.07) is 27.1. The van der Waals surface area contributed by atoms with Gasteiger partial charge in [0.05, 0.1) is 5.70 Å². The minimum absolute atomic E-state index is 0.442. The van der Waals surface area contributed by atoms with Crippen LogP contribution in [0.25, 0.3) is 16.8 Å². The molecule has 0 aromatic heterocycles. The number of para-hydroxylation sites is 2. The summed E-state index contributed by atoms with van der Waals surface area (Å²) in [5.74, 6) is 1.46. The zero-order valence-electron chi connectivity index (χ0n) is 17.2. The Morgan fingerprint density at radius 3 is 2.17 bits per heavy atom. The fourth-order valence-electron chi connectivity index (χ4n) is 3.47. The highest BCUT2D eigenvalue weighted by Gasteiger charge is 2.25. The van der Waals surface area contributed by atoms with Gasteiger partial charge >= 0.3 is 0 Å². The Morgan fingerprint density at radius 2 is 1.45 bits per heavy atom. The van der Waals surface area contributed by atoms with Crippen LogP contribution in [0.1, 0.15) is 32.8 Å². The zero-order valence-corrected chi connectivity index (χ0v) is 18.0. The number of benzene rings is 3. The van der Waals surface area contributed by atoms with Crippen LogP contribution in [0.3, 0.4) is 0 Å². The molecule has 0 saturated carbocycles. The largest absolute Gasteiger partial charge is 0.448 e. The lowest BCUT2D eigenvalue weighted by Crippen LogP contribution is -2.15. The van der Waals surface area contributed by atoms with Crippen molar-refractivity contribution in [2.45, 2.75) is 32.4 Å². The lowest BCUT2D eigenvalue weighted by molar-refractivity contribution is 0.464. The van der Waals surface area contributed by atoms with Crippen molar-refractivity contribution in [3.8, 4) is 16.9 Å². The van der Waals surface area contributed by atoms with Crippen LogP contribution in [0.4, 0.5) is 5.69 Å². The smallest absolute Gasteiger partial charge is 0.185 e. The number of rotatable bonds is 6. The summed E-state index contributed by atoms with van der Waals surface area (Å²) in [5.41, 5.74) is 5.81. The molecule has 1 N–H and O–H groups in total. The Kier molecular flexibility index (Phi) is 5.96. The topological polar surface area (TPSA) is 21.3 Å².